The van der Waals surface area contributed by atoms with Crippen molar-refractivity contribution in [1.82, 2.24) is 5.32 Å². The number of hydrogen-bond acceptors (Lipinski definition) is 6. The summed E-state index contributed by atoms with van der Waals surface area (Å²) in [7, 11) is 1.57. The average molecular weight is 441 g/mol. The molecule has 9 heteroatoms. The fourth-order valence-electron chi connectivity index (χ4n) is 3.27. The van der Waals surface area contributed by atoms with Crippen LogP contribution in [0, 0.1) is 5.92 Å². The average Bonchev–Trinajstić information content (AvgIpc) is 3.18. The predicted molar refractivity (Wildman–Crippen MR) is 119 cm³/mol. The summed E-state index contributed by atoms with van der Waals surface area (Å²) in [5.41, 5.74) is 1.28. The van der Waals surface area contributed by atoms with Crippen LogP contribution in [-0.4, -0.2) is 55.7 Å². The van der Waals surface area contributed by atoms with Gasteiger partial charge >= 0.3 is 0 Å². The van der Waals surface area contributed by atoms with Gasteiger partial charge in [-0.25, -0.2) is 0 Å². The molecule has 0 aliphatic carbocycles. The highest BCUT2D eigenvalue weighted by Gasteiger charge is 2.35. The molecule has 170 valence electrons. The van der Waals surface area contributed by atoms with Crippen molar-refractivity contribution in [3.8, 4) is 11.5 Å². The van der Waals surface area contributed by atoms with Crippen LogP contribution in [0.5, 0.6) is 11.5 Å². The van der Waals surface area contributed by atoms with Gasteiger partial charge in [0.2, 0.25) is 11.8 Å². The number of rotatable bonds is 9. The molecule has 0 aromatic heterocycles. The molecule has 3 N–H and O–H groups in total. The van der Waals surface area contributed by atoms with E-state index in [1.165, 1.54) is 0 Å². The first-order valence-corrected chi connectivity index (χ1v) is 10.3. The van der Waals surface area contributed by atoms with Crippen LogP contribution in [-0.2, 0) is 14.4 Å². The zero-order chi connectivity index (χ0) is 23.1. The molecule has 1 heterocycles. The molecule has 0 spiro atoms. The lowest BCUT2D eigenvalue weighted by Gasteiger charge is -2.17. The number of aliphatic hydroxyl groups is 1. The molecule has 1 fully saturated rings. The number of hydrogen-bond donors (Lipinski definition) is 3. The SMILES string of the molecule is COc1ccc(NC(=O)COc2ccc(N3C[C@H](C(=O)NC[C@H](C)O)CC3=O)cc2)cc1. The molecule has 0 unspecified atom stereocenters. The van der Waals surface area contributed by atoms with E-state index in [0.717, 1.165) is 0 Å². The number of amides is 3. The van der Waals surface area contributed by atoms with E-state index in [9.17, 15) is 19.5 Å². The van der Waals surface area contributed by atoms with Gasteiger partial charge in [-0.3, -0.25) is 14.4 Å². The minimum absolute atomic E-state index is 0.120. The van der Waals surface area contributed by atoms with Gasteiger partial charge in [-0.2, -0.15) is 0 Å². The highest BCUT2D eigenvalue weighted by atomic mass is 16.5. The van der Waals surface area contributed by atoms with E-state index < -0.39 is 12.0 Å². The van der Waals surface area contributed by atoms with E-state index in [2.05, 4.69) is 10.6 Å². The molecule has 2 aromatic carbocycles. The summed E-state index contributed by atoms with van der Waals surface area (Å²) in [6.07, 6.45) is -0.520. The van der Waals surface area contributed by atoms with Crippen molar-refractivity contribution >= 4 is 29.1 Å². The number of aliphatic hydroxyl groups excluding tert-OH is 1. The van der Waals surface area contributed by atoms with Crippen molar-refractivity contribution < 1.29 is 29.0 Å². The molecule has 3 amide bonds. The van der Waals surface area contributed by atoms with Crippen LogP contribution in [0.2, 0.25) is 0 Å². The highest BCUT2D eigenvalue weighted by molar-refractivity contribution is 6.00. The lowest BCUT2D eigenvalue weighted by molar-refractivity contribution is -0.126. The Balaban J connectivity index is 1.49. The van der Waals surface area contributed by atoms with Gasteiger partial charge in [0.05, 0.1) is 19.1 Å². The van der Waals surface area contributed by atoms with Crippen molar-refractivity contribution in [2.24, 2.45) is 5.92 Å². The number of nitrogens with one attached hydrogen (secondary N) is 2. The Hall–Kier alpha value is -3.59. The van der Waals surface area contributed by atoms with E-state index in [1.807, 2.05) is 0 Å². The van der Waals surface area contributed by atoms with Gasteiger partial charge in [0, 0.05) is 30.9 Å². The first-order chi connectivity index (χ1) is 15.4. The Labute approximate surface area is 186 Å². The molecule has 9 nitrogen and oxygen atoms in total. The summed E-state index contributed by atoms with van der Waals surface area (Å²) in [5.74, 6) is 0.0252. The zero-order valence-corrected chi connectivity index (χ0v) is 18.0. The molecule has 32 heavy (non-hydrogen) atoms. The largest absolute Gasteiger partial charge is 0.497 e. The number of carbonyl (C=O) groups excluding carboxylic acids is 3. The molecular formula is C23H27N3O6. The topological polar surface area (TPSA) is 117 Å². The van der Waals surface area contributed by atoms with E-state index in [-0.39, 0.29) is 43.8 Å². The van der Waals surface area contributed by atoms with E-state index in [0.29, 0.717) is 22.9 Å². The molecule has 1 aliphatic heterocycles. The number of methoxy groups -OCH3 is 1. The minimum atomic E-state index is -0.641. The summed E-state index contributed by atoms with van der Waals surface area (Å²) in [6, 6.07) is 13.7. The second-order valence-electron chi connectivity index (χ2n) is 7.56. The van der Waals surface area contributed by atoms with Crippen molar-refractivity contribution in [1.29, 1.82) is 0 Å². The van der Waals surface area contributed by atoms with Crippen LogP contribution < -0.4 is 25.0 Å². The molecule has 1 aliphatic rings. The quantitative estimate of drug-likeness (QED) is 0.544. The predicted octanol–water partition coefficient (Wildman–Crippen LogP) is 1.56. The van der Waals surface area contributed by atoms with Crippen LogP contribution in [0.3, 0.4) is 0 Å². The normalized spacial score (nSPS) is 16.4. The first kappa shape index (κ1) is 23.1. The van der Waals surface area contributed by atoms with Gasteiger partial charge in [-0.1, -0.05) is 0 Å². The Morgan fingerprint density at radius 3 is 2.41 bits per heavy atom. The van der Waals surface area contributed by atoms with E-state index >= 15 is 0 Å². The number of nitrogens with zero attached hydrogens (tertiary/aromatic N) is 1. The van der Waals surface area contributed by atoms with Crippen LogP contribution in [0.1, 0.15) is 13.3 Å². The zero-order valence-electron chi connectivity index (χ0n) is 18.0. The number of anilines is 2. The number of carbonyl (C=O) groups is 3. The molecule has 1 saturated heterocycles. The number of ether oxygens (including phenoxy) is 2. The van der Waals surface area contributed by atoms with Crippen LogP contribution in [0.15, 0.2) is 48.5 Å². The van der Waals surface area contributed by atoms with Gasteiger partial charge in [0.15, 0.2) is 6.61 Å². The maximum Gasteiger partial charge on any atom is 0.262 e. The fourth-order valence-corrected chi connectivity index (χ4v) is 3.27. The molecular weight excluding hydrogens is 414 g/mol. The van der Waals surface area contributed by atoms with Crippen molar-refractivity contribution in [2.75, 3.05) is 37.0 Å². The molecule has 0 bridgehead atoms. The summed E-state index contributed by atoms with van der Waals surface area (Å²) in [6.45, 7) is 1.84. The maximum atomic E-state index is 12.3. The molecule has 0 radical (unpaired) electrons. The standard InChI is InChI=1S/C23H27N3O6/c1-15(27)12-24-23(30)16-11-22(29)26(13-16)18-5-9-20(10-6-18)32-14-21(28)25-17-3-7-19(31-2)8-4-17/h3-10,15-16,27H,11-14H2,1-2H3,(H,24,30)(H,25,28)/t15-,16+/m0/s1. The van der Waals surface area contributed by atoms with Gasteiger partial charge in [-0.05, 0) is 55.5 Å². The third-order valence-corrected chi connectivity index (χ3v) is 4.96. The van der Waals surface area contributed by atoms with Gasteiger partial charge in [0.25, 0.3) is 5.91 Å². The maximum absolute atomic E-state index is 12.3. The van der Waals surface area contributed by atoms with E-state index in [4.69, 9.17) is 9.47 Å². The third kappa shape index (κ3) is 6.21. The monoisotopic (exact) mass is 441 g/mol. The van der Waals surface area contributed by atoms with Crippen LogP contribution >= 0.6 is 0 Å². The Kier molecular flexibility index (Phi) is 7.67. The van der Waals surface area contributed by atoms with Crippen molar-refractivity contribution in [3.63, 3.8) is 0 Å². The molecule has 3 rings (SSSR count). The Morgan fingerprint density at radius 1 is 1.12 bits per heavy atom. The van der Waals surface area contributed by atoms with Crippen molar-refractivity contribution in [3.05, 3.63) is 48.5 Å². The highest BCUT2D eigenvalue weighted by Crippen LogP contribution is 2.27. The molecule has 2 aromatic rings. The van der Waals surface area contributed by atoms with Crippen molar-refractivity contribution in [2.45, 2.75) is 19.4 Å². The summed E-state index contributed by atoms with van der Waals surface area (Å²) in [5, 5.41) is 14.7. The fraction of sp³-hybridized carbons (Fsp3) is 0.348. The Bertz CT molecular complexity index is 943. The second kappa shape index (κ2) is 10.6. The molecule has 0 saturated carbocycles. The van der Waals surface area contributed by atoms with Gasteiger partial charge in [-0.15, -0.1) is 0 Å². The van der Waals surface area contributed by atoms with E-state index in [1.54, 1.807) is 67.5 Å². The Morgan fingerprint density at radius 2 is 1.78 bits per heavy atom. The van der Waals surface area contributed by atoms with Crippen LogP contribution in [0.25, 0.3) is 0 Å². The third-order valence-electron chi connectivity index (χ3n) is 4.96. The first-order valence-electron chi connectivity index (χ1n) is 10.3. The second-order valence-corrected chi connectivity index (χ2v) is 7.56. The van der Waals surface area contributed by atoms with Gasteiger partial charge < -0.3 is 30.1 Å². The molecule has 2 atom stereocenters. The van der Waals surface area contributed by atoms with Gasteiger partial charge in [0.1, 0.15) is 11.5 Å². The smallest absolute Gasteiger partial charge is 0.262 e. The lowest BCUT2D eigenvalue weighted by Crippen LogP contribution is -2.36. The summed E-state index contributed by atoms with van der Waals surface area (Å²) < 4.78 is 10.6. The summed E-state index contributed by atoms with van der Waals surface area (Å²) >= 11 is 0. The minimum Gasteiger partial charge on any atom is -0.497 e. The number of benzene rings is 2. The van der Waals surface area contributed by atoms with Crippen LogP contribution in [0.4, 0.5) is 11.4 Å². The summed E-state index contributed by atoms with van der Waals surface area (Å²) in [4.78, 5) is 38.1. The lowest BCUT2D eigenvalue weighted by atomic mass is 10.1.